The first-order valence-corrected chi connectivity index (χ1v) is 7.88. The highest BCUT2D eigenvalue weighted by atomic mass is 16.4. The highest BCUT2D eigenvalue weighted by Crippen LogP contribution is 2.27. The van der Waals surface area contributed by atoms with E-state index in [2.05, 4.69) is 19.2 Å². The van der Waals surface area contributed by atoms with E-state index in [1.807, 2.05) is 37.3 Å². The molecule has 1 atom stereocenters. The van der Waals surface area contributed by atoms with E-state index >= 15 is 0 Å². The quantitative estimate of drug-likeness (QED) is 0.852. The highest BCUT2D eigenvalue weighted by molar-refractivity contribution is 5.97. The number of benzene rings is 1. The van der Waals surface area contributed by atoms with Gasteiger partial charge in [-0.05, 0) is 19.4 Å². The molecule has 2 N–H and O–H groups in total. The summed E-state index contributed by atoms with van der Waals surface area (Å²) in [5, 5.41) is 11.9. The molecule has 0 aliphatic carbocycles. The number of hydrogen-bond donors (Lipinski definition) is 2. The molecule has 1 heterocycles. The standard InChI is InChI=1S/C19H23NO4/c1-12-11-24-15(10-16(21)22)17(12)18(23)20-13(2)19(3,4)14-8-6-5-7-9-14/h5-9,11,13H,10H2,1-4H3,(H,20,23)(H,21,22). The minimum atomic E-state index is -1.03. The Labute approximate surface area is 141 Å². The molecule has 0 saturated heterocycles. The van der Waals surface area contributed by atoms with Crippen molar-refractivity contribution in [3.63, 3.8) is 0 Å². The number of rotatable bonds is 6. The molecule has 0 bridgehead atoms. The van der Waals surface area contributed by atoms with Crippen molar-refractivity contribution in [2.24, 2.45) is 0 Å². The zero-order chi connectivity index (χ0) is 17.9. The first-order valence-electron chi connectivity index (χ1n) is 7.88. The fourth-order valence-electron chi connectivity index (χ4n) is 2.64. The zero-order valence-corrected chi connectivity index (χ0v) is 14.4. The van der Waals surface area contributed by atoms with Gasteiger partial charge in [-0.2, -0.15) is 0 Å². The zero-order valence-electron chi connectivity index (χ0n) is 14.4. The van der Waals surface area contributed by atoms with Gasteiger partial charge in [-0.15, -0.1) is 0 Å². The number of carbonyl (C=O) groups is 2. The van der Waals surface area contributed by atoms with Crippen LogP contribution in [-0.2, 0) is 16.6 Å². The number of furan rings is 1. The Bertz CT molecular complexity index is 731. The minimum absolute atomic E-state index is 0.153. The number of hydrogen-bond acceptors (Lipinski definition) is 3. The molecule has 1 amide bonds. The van der Waals surface area contributed by atoms with Gasteiger partial charge in [0.2, 0.25) is 0 Å². The maximum absolute atomic E-state index is 12.7. The molecule has 0 aliphatic rings. The van der Waals surface area contributed by atoms with Crippen LogP contribution in [0.1, 0.15) is 48.0 Å². The van der Waals surface area contributed by atoms with Crippen molar-refractivity contribution in [3.8, 4) is 0 Å². The van der Waals surface area contributed by atoms with Crippen molar-refractivity contribution in [2.75, 3.05) is 0 Å². The highest BCUT2D eigenvalue weighted by Gasteiger charge is 2.30. The summed E-state index contributed by atoms with van der Waals surface area (Å²) < 4.78 is 5.24. The number of carboxylic acids is 1. The molecule has 128 valence electrons. The molecule has 24 heavy (non-hydrogen) atoms. The van der Waals surface area contributed by atoms with E-state index in [1.54, 1.807) is 6.92 Å². The summed E-state index contributed by atoms with van der Waals surface area (Å²) in [5.41, 5.74) is 1.79. The van der Waals surface area contributed by atoms with E-state index in [0.29, 0.717) is 11.1 Å². The monoisotopic (exact) mass is 329 g/mol. The van der Waals surface area contributed by atoms with Gasteiger partial charge in [0.15, 0.2) is 0 Å². The molecule has 2 rings (SSSR count). The van der Waals surface area contributed by atoms with Crippen LogP contribution in [0, 0.1) is 6.92 Å². The van der Waals surface area contributed by atoms with E-state index in [-0.39, 0.29) is 29.5 Å². The fourth-order valence-corrected chi connectivity index (χ4v) is 2.64. The van der Waals surface area contributed by atoms with Gasteiger partial charge >= 0.3 is 5.97 Å². The molecular formula is C19H23NO4. The molecule has 0 spiro atoms. The van der Waals surface area contributed by atoms with Crippen LogP contribution in [-0.4, -0.2) is 23.0 Å². The molecule has 1 unspecified atom stereocenters. The number of amides is 1. The van der Waals surface area contributed by atoms with Crippen LogP contribution in [0.5, 0.6) is 0 Å². The molecule has 1 aromatic heterocycles. The third-order valence-corrected chi connectivity index (χ3v) is 4.54. The Kier molecular flexibility index (Phi) is 5.12. The predicted molar refractivity (Wildman–Crippen MR) is 91.2 cm³/mol. The number of nitrogens with one attached hydrogen (secondary N) is 1. The first-order chi connectivity index (χ1) is 11.2. The maximum Gasteiger partial charge on any atom is 0.311 e. The average Bonchev–Trinajstić information content (AvgIpc) is 2.88. The maximum atomic E-state index is 12.7. The topological polar surface area (TPSA) is 79.5 Å². The largest absolute Gasteiger partial charge is 0.481 e. The molecule has 5 heteroatoms. The number of aliphatic carboxylic acids is 1. The van der Waals surface area contributed by atoms with E-state index < -0.39 is 5.97 Å². The van der Waals surface area contributed by atoms with Crippen molar-refractivity contribution in [1.29, 1.82) is 0 Å². The summed E-state index contributed by atoms with van der Waals surface area (Å²) in [6.45, 7) is 7.80. The third-order valence-electron chi connectivity index (χ3n) is 4.54. The molecule has 0 radical (unpaired) electrons. The van der Waals surface area contributed by atoms with Crippen LogP contribution in [0.25, 0.3) is 0 Å². The second-order valence-electron chi connectivity index (χ2n) is 6.57. The lowest BCUT2D eigenvalue weighted by atomic mass is 9.78. The summed E-state index contributed by atoms with van der Waals surface area (Å²) in [4.78, 5) is 23.6. The Morgan fingerprint density at radius 3 is 2.46 bits per heavy atom. The SMILES string of the molecule is Cc1coc(CC(=O)O)c1C(=O)NC(C)C(C)(C)c1ccccc1. The third kappa shape index (κ3) is 3.67. The fraction of sp³-hybridized carbons (Fsp3) is 0.368. The number of carboxylic acid groups (broad SMARTS) is 1. The molecule has 1 aromatic carbocycles. The van der Waals surface area contributed by atoms with E-state index in [1.165, 1.54) is 6.26 Å². The second-order valence-corrected chi connectivity index (χ2v) is 6.57. The van der Waals surface area contributed by atoms with E-state index in [4.69, 9.17) is 9.52 Å². The van der Waals surface area contributed by atoms with E-state index in [0.717, 1.165) is 5.56 Å². The second kappa shape index (κ2) is 6.91. The van der Waals surface area contributed by atoms with Gasteiger partial charge in [0.1, 0.15) is 12.2 Å². The van der Waals surface area contributed by atoms with Crippen molar-refractivity contribution >= 4 is 11.9 Å². The van der Waals surface area contributed by atoms with Crippen LogP contribution in [0.15, 0.2) is 41.0 Å². The average molecular weight is 329 g/mol. The molecule has 5 nitrogen and oxygen atoms in total. The molecule has 0 saturated carbocycles. The van der Waals surface area contributed by atoms with Gasteiger partial charge in [0.05, 0.1) is 11.8 Å². The Balaban J connectivity index is 2.21. The van der Waals surface area contributed by atoms with Gasteiger partial charge < -0.3 is 14.8 Å². The summed E-state index contributed by atoms with van der Waals surface area (Å²) in [6.07, 6.45) is 1.10. The summed E-state index contributed by atoms with van der Waals surface area (Å²) in [6, 6.07) is 9.80. The van der Waals surface area contributed by atoms with Crippen molar-refractivity contribution in [1.82, 2.24) is 5.32 Å². The van der Waals surface area contributed by atoms with Gasteiger partial charge in [-0.3, -0.25) is 9.59 Å². The van der Waals surface area contributed by atoms with Crippen molar-refractivity contribution in [2.45, 2.75) is 45.6 Å². The summed E-state index contributed by atoms with van der Waals surface area (Å²) in [5.74, 6) is -1.16. The first kappa shape index (κ1) is 17.8. The van der Waals surface area contributed by atoms with Crippen LogP contribution in [0.3, 0.4) is 0 Å². The van der Waals surface area contributed by atoms with Crippen molar-refractivity contribution in [3.05, 3.63) is 59.0 Å². The van der Waals surface area contributed by atoms with Gasteiger partial charge in [0.25, 0.3) is 5.91 Å². The summed E-state index contributed by atoms with van der Waals surface area (Å²) in [7, 11) is 0. The molecular weight excluding hydrogens is 306 g/mol. The van der Waals surface area contributed by atoms with Gasteiger partial charge in [-0.25, -0.2) is 0 Å². The smallest absolute Gasteiger partial charge is 0.311 e. The minimum Gasteiger partial charge on any atom is -0.481 e. The Morgan fingerprint density at radius 1 is 1.25 bits per heavy atom. The summed E-state index contributed by atoms with van der Waals surface area (Å²) >= 11 is 0. The van der Waals surface area contributed by atoms with Crippen LogP contribution >= 0.6 is 0 Å². The lowest BCUT2D eigenvalue weighted by molar-refractivity contribution is -0.136. The Hall–Kier alpha value is -2.56. The van der Waals surface area contributed by atoms with E-state index in [9.17, 15) is 9.59 Å². The van der Waals surface area contributed by atoms with Crippen LogP contribution in [0.2, 0.25) is 0 Å². The molecule has 2 aromatic rings. The van der Waals surface area contributed by atoms with Crippen LogP contribution in [0.4, 0.5) is 0 Å². The number of aryl methyl sites for hydroxylation is 1. The molecule has 0 fully saturated rings. The van der Waals surface area contributed by atoms with Crippen LogP contribution < -0.4 is 5.32 Å². The van der Waals surface area contributed by atoms with Gasteiger partial charge in [-0.1, -0.05) is 44.2 Å². The van der Waals surface area contributed by atoms with Gasteiger partial charge in [0, 0.05) is 17.0 Å². The number of carbonyl (C=O) groups excluding carboxylic acids is 1. The molecule has 0 aliphatic heterocycles. The normalized spacial score (nSPS) is 12.7. The lowest BCUT2D eigenvalue weighted by Crippen LogP contribution is -2.45. The lowest BCUT2D eigenvalue weighted by Gasteiger charge is -2.33. The van der Waals surface area contributed by atoms with Crippen molar-refractivity contribution < 1.29 is 19.1 Å². The predicted octanol–water partition coefficient (Wildman–Crippen LogP) is 3.31. The Morgan fingerprint density at radius 2 is 1.88 bits per heavy atom.